The van der Waals surface area contributed by atoms with Crippen LogP contribution in [0.3, 0.4) is 0 Å². The Morgan fingerprint density at radius 1 is 0.625 bits per heavy atom. The van der Waals surface area contributed by atoms with Crippen LogP contribution in [-0.2, 0) is 24.0 Å². The summed E-state index contributed by atoms with van der Waals surface area (Å²) in [7, 11) is 0. The SMILES string of the molecule is CC(C)C(C(=O)O)C(C)C(C(=O)O)C(C)C(C(=O)NC(C(=O)O)c1cc(I)c(Oc2cc(I)c(O)c(I)c2)c(I)c1)C(C)C(C)C(=O)O. The highest BCUT2D eigenvalue weighted by Gasteiger charge is 2.47. The number of rotatable bonds is 16. The number of hydrogen-bond acceptors (Lipinski definition) is 7. The molecule has 6 N–H and O–H groups in total. The Kier molecular flexibility index (Phi) is 15.9. The van der Waals surface area contributed by atoms with Gasteiger partial charge in [-0.25, -0.2) is 4.79 Å². The Labute approximate surface area is 332 Å². The predicted octanol–water partition coefficient (Wildman–Crippen LogP) is 7.15. The molecule has 0 saturated carbocycles. The molecule has 16 heteroatoms. The second kappa shape index (κ2) is 18.0. The van der Waals surface area contributed by atoms with Gasteiger partial charge in [0.25, 0.3) is 0 Å². The highest BCUT2D eigenvalue weighted by molar-refractivity contribution is 14.1. The summed E-state index contributed by atoms with van der Waals surface area (Å²) >= 11 is 7.90. The van der Waals surface area contributed by atoms with Crippen LogP contribution < -0.4 is 10.1 Å². The molecule has 0 bridgehead atoms. The van der Waals surface area contributed by atoms with Crippen LogP contribution in [0, 0.1) is 61.6 Å². The molecule has 0 spiro atoms. The molecule has 0 radical (unpaired) electrons. The van der Waals surface area contributed by atoms with E-state index in [-0.39, 0.29) is 11.3 Å². The van der Waals surface area contributed by atoms with Crippen LogP contribution in [0.1, 0.15) is 53.1 Å². The summed E-state index contributed by atoms with van der Waals surface area (Å²) in [4.78, 5) is 63.5. The maximum Gasteiger partial charge on any atom is 0.330 e. The van der Waals surface area contributed by atoms with E-state index in [1.165, 1.54) is 39.8 Å². The molecule has 0 fully saturated rings. The van der Waals surface area contributed by atoms with E-state index in [0.717, 1.165) is 0 Å². The van der Waals surface area contributed by atoms with E-state index in [9.17, 15) is 49.5 Å². The van der Waals surface area contributed by atoms with Crippen LogP contribution in [0.2, 0.25) is 0 Å². The van der Waals surface area contributed by atoms with Gasteiger partial charge in [0.2, 0.25) is 5.91 Å². The monoisotopic (exact) mass is 1120 g/mol. The standard InChI is InChI=1S/C32H37I4NO11/c1-11(2)22(30(42)43)14(5)24(31(44)45)15(6)23(12(3)13(4)29(40)41)28(39)37-25(32(46)47)16-7-20(35)27(21(36)8-16)48-17-9-18(33)26(38)19(34)10-17/h7-15,22-25,38H,1-6H3,(H,37,39)(H,40,41)(H,42,43)(H,44,45)(H,46,47). The number of carbonyl (C=O) groups is 5. The van der Waals surface area contributed by atoms with E-state index >= 15 is 0 Å². The third kappa shape index (κ3) is 10.2. The molecule has 264 valence electrons. The Bertz CT molecular complexity index is 1520. The van der Waals surface area contributed by atoms with Crippen molar-refractivity contribution in [1.29, 1.82) is 0 Å². The van der Waals surface area contributed by atoms with E-state index in [1.807, 2.05) is 90.4 Å². The van der Waals surface area contributed by atoms with Crippen LogP contribution in [0.4, 0.5) is 0 Å². The Hall–Kier alpha value is -1.69. The topological polar surface area (TPSA) is 208 Å². The molecular formula is C32H37I4NO11. The number of hydrogen-bond donors (Lipinski definition) is 6. The van der Waals surface area contributed by atoms with Crippen LogP contribution >= 0.6 is 90.4 Å². The number of carbonyl (C=O) groups excluding carboxylic acids is 1. The fourth-order valence-corrected chi connectivity index (χ4v) is 9.82. The second-order valence-electron chi connectivity index (χ2n) is 12.1. The number of halogens is 4. The van der Waals surface area contributed by atoms with Gasteiger partial charge in [0, 0.05) is 5.92 Å². The van der Waals surface area contributed by atoms with Gasteiger partial charge in [0.15, 0.2) is 11.8 Å². The van der Waals surface area contributed by atoms with Crippen molar-refractivity contribution in [2.45, 2.75) is 47.6 Å². The molecule has 0 aromatic heterocycles. The van der Waals surface area contributed by atoms with E-state index < -0.39 is 83.2 Å². The van der Waals surface area contributed by atoms with Gasteiger partial charge in [-0.15, -0.1) is 0 Å². The van der Waals surface area contributed by atoms with Gasteiger partial charge in [-0.05, 0) is 144 Å². The first-order valence-electron chi connectivity index (χ1n) is 14.7. The quantitative estimate of drug-likeness (QED) is 0.0931. The zero-order chi connectivity index (χ0) is 36.9. The number of carboxylic acids is 4. The van der Waals surface area contributed by atoms with Gasteiger partial charge in [-0.1, -0.05) is 41.5 Å². The molecule has 0 aliphatic heterocycles. The number of aromatic hydroxyl groups is 1. The minimum atomic E-state index is -1.60. The number of ether oxygens (including phenoxy) is 1. The molecule has 0 heterocycles. The van der Waals surface area contributed by atoms with Crippen molar-refractivity contribution >= 4 is 120 Å². The van der Waals surface area contributed by atoms with Crippen LogP contribution in [0.25, 0.3) is 0 Å². The molecule has 2 aromatic rings. The van der Waals surface area contributed by atoms with E-state index in [2.05, 4.69) is 5.32 Å². The Morgan fingerprint density at radius 2 is 1.08 bits per heavy atom. The maximum absolute atomic E-state index is 14.1. The van der Waals surface area contributed by atoms with Gasteiger partial charge in [-0.2, -0.15) is 0 Å². The molecule has 12 nitrogen and oxygen atoms in total. The summed E-state index contributed by atoms with van der Waals surface area (Å²) in [6.07, 6.45) is 0. The lowest BCUT2D eigenvalue weighted by molar-refractivity contribution is -0.155. The average Bonchev–Trinajstić information content (AvgIpc) is 2.95. The van der Waals surface area contributed by atoms with Gasteiger partial charge < -0.3 is 35.6 Å². The van der Waals surface area contributed by atoms with Crippen molar-refractivity contribution < 1.29 is 54.2 Å². The maximum atomic E-state index is 14.1. The summed E-state index contributed by atoms with van der Waals surface area (Å²) in [5.41, 5.74) is 0.186. The highest BCUT2D eigenvalue weighted by Crippen LogP contribution is 2.41. The number of benzene rings is 2. The molecule has 8 unspecified atom stereocenters. The first-order chi connectivity index (χ1) is 22.1. The van der Waals surface area contributed by atoms with E-state index in [4.69, 9.17) is 4.74 Å². The average molecular weight is 1120 g/mol. The number of carboxylic acid groups (broad SMARTS) is 4. The van der Waals surface area contributed by atoms with Gasteiger partial charge in [0.1, 0.15) is 11.5 Å². The van der Waals surface area contributed by atoms with E-state index in [0.29, 0.717) is 25.8 Å². The lowest BCUT2D eigenvalue weighted by atomic mass is 9.65. The van der Waals surface area contributed by atoms with Crippen molar-refractivity contribution in [2.75, 3.05) is 0 Å². The third-order valence-electron chi connectivity index (χ3n) is 8.70. The van der Waals surface area contributed by atoms with Gasteiger partial charge in [0.05, 0.1) is 32.0 Å². The summed E-state index contributed by atoms with van der Waals surface area (Å²) in [6.45, 7) is 9.12. The van der Waals surface area contributed by atoms with Crippen molar-refractivity contribution in [1.82, 2.24) is 5.32 Å². The van der Waals surface area contributed by atoms with Crippen LogP contribution in [0.15, 0.2) is 24.3 Å². The van der Waals surface area contributed by atoms with Crippen LogP contribution in [0.5, 0.6) is 17.2 Å². The Balaban J connectivity index is 2.58. The van der Waals surface area contributed by atoms with Crippen molar-refractivity contribution in [3.63, 3.8) is 0 Å². The molecule has 0 aliphatic carbocycles. The first kappa shape index (κ1) is 42.5. The summed E-state index contributed by atoms with van der Waals surface area (Å²) in [5, 5.41) is 52.9. The lowest BCUT2D eigenvalue weighted by Gasteiger charge is -2.38. The van der Waals surface area contributed by atoms with Crippen molar-refractivity contribution in [3.8, 4) is 17.2 Å². The van der Waals surface area contributed by atoms with Gasteiger partial charge >= 0.3 is 23.9 Å². The zero-order valence-electron chi connectivity index (χ0n) is 26.7. The minimum absolute atomic E-state index is 0.119. The van der Waals surface area contributed by atoms with Crippen LogP contribution in [-0.4, -0.2) is 55.3 Å². The Morgan fingerprint density at radius 3 is 1.48 bits per heavy atom. The molecule has 2 aromatic carbocycles. The normalized spacial score (nSPS) is 16.5. The molecule has 0 saturated heterocycles. The lowest BCUT2D eigenvalue weighted by Crippen LogP contribution is -2.48. The minimum Gasteiger partial charge on any atom is -0.506 e. The fourth-order valence-electron chi connectivity index (χ4n) is 6.07. The number of phenolic OH excluding ortho intramolecular Hbond substituents is 1. The summed E-state index contributed by atoms with van der Waals surface area (Å²) in [5.74, 6) is -13.4. The second-order valence-corrected chi connectivity index (χ2v) is 16.8. The molecular weight excluding hydrogens is 1080 g/mol. The fraction of sp³-hybridized carbons (Fsp3) is 0.469. The number of nitrogens with one attached hydrogen (secondary N) is 1. The number of aliphatic carboxylic acids is 4. The summed E-state index contributed by atoms with van der Waals surface area (Å²) < 4.78 is 8.25. The first-order valence-corrected chi connectivity index (χ1v) is 19.0. The molecule has 48 heavy (non-hydrogen) atoms. The van der Waals surface area contributed by atoms with Crippen molar-refractivity contribution in [3.05, 3.63) is 44.1 Å². The summed E-state index contributed by atoms with van der Waals surface area (Å²) in [6, 6.07) is 4.73. The number of amides is 1. The van der Waals surface area contributed by atoms with Crippen molar-refractivity contribution in [2.24, 2.45) is 47.3 Å². The smallest absolute Gasteiger partial charge is 0.330 e. The number of phenols is 1. The van der Waals surface area contributed by atoms with Gasteiger partial charge in [-0.3, -0.25) is 19.2 Å². The highest BCUT2D eigenvalue weighted by atomic mass is 127. The third-order valence-corrected chi connectivity index (χ3v) is 11.9. The van der Waals surface area contributed by atoms with E-state index in [1.54, 1.807) is 26.0 Å². The molecule has 8 atom stereocenters. The zero-order valence-corrected chi connectivity index (χ0v) is 35.3. The predicted molar refractivity (Wildman–Crippen MR) is 209 cm³/mol. The largest absolute Gasteiger partial charge is 0.506 e. The molecule has 1 amide bonds. The molecule has 0 aliphatic rings. The molecule has 2 rings (SSSR count).